The van der Waals surface area contributed by atoms with Gasteiger partial charge in [-0.25, -0.2) is 4.79 Å². The van der Waals surface area contributed by atoms with Crippen molar-refractivity contribution in [2.75, 3.05) is 6.23 Å². The van der Waals surface area contributed by atoms with Gasteiger partial charge in [0, 0.05) is 5.57 Å². The molecule has 100 valence electrons. The summed E-state index contributed by atoms with van der Waals surface area (Å²) >= 11 is 0. The average molecular weight is 257 g/mol. The molecule has 0 saturated carbocycles. The molecule has 0 amide bonds. The van der Waals surface area contributed by atoms with Crippen molar-refractivity contribution in [2.45, 2.75) is 65.1 Å². The molecule has 0 fully saturated rings. The summed E-state index contributed by atoms with van der Waals surface area (Å²) in [6.07, 6.45) is 0.560. The summed E-state index contributed by atoms with van der Waals surface area (Å²) in [6.45, 7) is 16.1. The highest BCUT2D eigenvalue weighted by atomic mass is 28.3. The molecule has 0 rings (SSSR count). The Morgan fingerprint density at radius 1 is 1.18 bits per heavy atom. The zero-order valence-electron chi connectivity index (χ0n) is 13.3. The first-order valence-corrected chi connectivity index (χ1v) is 8.86. The van der Waals surface area contributed by atoms with Gasteiger partial charge in [-0.2, -0.15) is 0 Å². The number of hydrogen-bond acceptors (Lipinski definition) is 2. The summed E-state index contributed by atoms with van der Waals surface area (Å²) in [6, 6.07) is 0. The molecular formula is C14H28O2Si. The van der Waals surface area contributed by atoms with Gasteiger partial charge in [-0.1, -0.05) is 48.1 Å². The van der Waals surface area contributed by atoms with Crippen LogP contribution in [0, 0.1) is 0 Å². The summed E-state index contributed by atoms with van der Waals surface area (Å²) in [7, 11) is -1.68. The first-order valence-electron chi connectivity index (χ1n) is 7.00. The molecule has 0 radical (unpaired) electrons. The van der Waals surface area contributed by atoms with E-state index in [1.165, 1.54) is 0 Å². The Balaban J connectivity index is 4.98. The van der Waals surface area contributed by atoms with E-state index in [2.05, 4.69) is 41.5 Å². The SMILES string of the molecule is [2H]C=C(C)C(=O)OC[Si](C(C)C)(C(C)C)C(C)C. The largest absolute Gasteiger partial charge is 0.466 e. The molecule has 0 aromatic heterocycles. The van der Waals surface area contributed by atoms with E-state index in [4.69, 9.17) is 6.11 Å². The van der Waals surface area contributed by atoms with E-state index < -0.39 is 8.07 Å². The number of rotatable bonds is 6. The fraction of sp³-hybridized carbons (Fsp3) is 0.786. The van der Waals surface area contributed by atoms with Crippen LogP contribution in [0.3, 0.4) is 0 Å². The van der Waals surface area contributed by atoms with Crippen LogP contribution in [-0.4, -0.2) is 20.3 Å². The number of carbonyl (C=O) groups is 1. The molecule has 3 heteroatoms. The van der Waals surface area contributed by atoms with Crippen molar-refractivity contribution in [3.63, 3.8) is 0 Å². The fourth-order valence-corrected chi connectivity index (χ4v) is 8.19. The van der Waals surface area contributed by atoms with Gasteiger partial charge >= 0.3 is 5.97 Å². The molecule has 0 unspecified atom stereocenters. The lowest BCUT2D eigenvalue weighted by Gasteiger charge is -2.42. The van der Waals surface area contributed by atoms with Crippen LogP contribution in [0.1, 0.15) is 49.8 Å². The van der Waals surface area contributed by atoms with Crippen LogP contribution < -0.4 is 0 Å². The van der Waals surface area contributed by atoms with Crippen LogP contribution in [0.5, 0.6) is 0 Å². The minimum Gasteiger partial charge on any atom is -0.466 e. The zero-order valence-corrected chi connectivity index (χ0v) is 13.3. The Morgan fingerprint density at radius 3 is 1.88 bits per heavy atom. The molecule has 0 N–H and O–H groups in total. The third-order valence-corrected chi connectivity index (χ3v) is 11.1. The van der Waals surface area contributed by atoms with Gasteiger partial charge in [0.15, 0.2) is 0 Å². The molecule has 0 spiro atoms. The smallest absolute Gasteiger partial charge is 0.332 e. The molecule has 0 atom stereocenters. The molecule has 0 aromatic rings. The number of esters is 1. The van der Waals surface area contributed by atoms with Crippen molar-refractivity contribution >= 4 is 14.0 Å². The second-order valence-electron chi connectivity index (χ2n) is 5.84. The van der Waals surface area contributed by atoms with Crippen molar-refractivity contribution in [3.8, 4) is 0 Å². The van der Waals surface area contributed by atoms with E-state index in [0.717, 1.165) is 6.55 Å². The molecule has 0 aromatic carbocycles. The van der Waals surface area contributed by atoms with Gasteiger partial charge in [0.2, 0.25) is 0 Å². The zero-order chi connectivity index (χ0) is 14.5. The molecule has 0 aliphatic rings. The number of hydrogen-bond donors (Lipinski definition) is 0. The van der Waals surface area contributed by atoms with Crippen LogP contribution in [0.2, 0.25) is 16.6 Å². The number of carbonyl (C=O) groups excluding carboxylic acids is 1. The van der Waals surface area contributed by atoms with Gasteiger partial charge in [-0.3, -0.25) is 0 Å². The summed E-state index contributed by atoms with van der Waals surface area (Å²) in [5.41, 5.74) is 2.09. The molecule has 0 aliphatic carbocycles. The van der Waals surface area contributed by atoms with Crippen molar-refractivity contribution in [2.24, 2.45) is 0 Å². The Morgan fingerprint density at radius 2 is 1.59 bits per heavy atom. The van der Waals surface area contributed by atoms with Crippen molar-refractivity contribution in [1.82, 2.24) is 0 Å². The highest BCUT2D eigenvalue weighted by molar-refractivity contribution is 6.83. The van der Waals surface area contributed by atoms with Crippen LogP contribution >= 0.6 is 0 Å². The van der Waals surface area contributed by atoms with E-state index in [0.29, 0.717) is 28.4 Å². The van der Waals surface area contributed by atoms with Crippen LogP contribution in [0.25, 0.3) is 0 Å². The maximum absolute atomic E-state index is 11.7. The summed E-state index contributed by atoms with van der Waals surface area (Å²) < 4.78 is 12.6. The van der Waals surface area contributed by atoms with Crippen molar-refractivity contribution in [1.29, 1.82) is 0 Å². The van der Waals surface area contributed by atoms with E-state index in [-0.39, 0.29) is 5.97 Å². The Kier molecular flexibility index (Phi) is 5.44. The maximum atomic E-state index is 11.7. The minimum absolute atomic E-state index is 0.344. The second-order valence-corrected chi connectivity index (χ2v) is 11.8. The van der Waals surface area contributed by atoms with Gasteiger partial charge in [0.25, 0.3) is 0 Å². The van der Waals surface area contributed by atoms with Crippen LogP contribution in [-0.2, 0) is 9.53 Å². The van der Waals surface area contributed by atoms with Crippen LogP contribution in [0.15, 0.2) is 12.1 Å². The Hall–Kier alpha value is -0.573. The molecule has 17 heavy (non-hydrogen) atoms. The molecule has 0 saturated heterocycles. The van der Waals surface area contributed by atoms with Gasteiger partial charge in [0.1, 0.15) is 8.07 Å². The first kappa shape index (κ1) is 14.5. The quantitative estimate of drug-likeness (QED) is 0.402. The molecule has 0 heterocycles. The van der Waals surface area contributed by atoms with E-state index in [1.54, 1.807) is 6.92 Å². The van der Waals surface area contributed by atoms with E-state index >= 15 is 0 Å². The predicted octanol–water partition coefficient (Wildman–Crippen LogP) is 4.32. The molecule has 0 aliphatic heterocycles. The monoisotopic (exact) mass is 257 g/mol. The van der Waals surface area contributed by atoms with Gasteiger partial charge in [-0.05, 0) is 23.5 Å². The standard InChI is InChI=1S/C14H28O2Si/c1-10(2)14(15)16-9-17(11(3)4,12(5)6)13(7)8/h11-13H,1,9H2,2-8H3/i1D. The second kappa shape index (κ2) is 6.38. The highest BCUT2D eigenvalue weighted by Gasteiger charge is 2.44. The lowest BCUT2D eigenvalue weighted by Crippen LogP contribution is -2.49. The van der Waals surface area contributed by atoms with E-state index in [9.17, 15) is 4.79 Å². The fourth-order valence-electron chi connectivity index (χ4n) is 2.80. The lowest BCUT2D eigenvalue weighted by atomic mass is 10.4. The summed E-state index contributed by atoms with van der Waals surface area (Å²) in [5.74, 6) is -0.344. The van der Waals surface area contributed by atoms with Crippen molar-refractivity contribution < 1.29 is 10.9 Å². The van der Waals surface area contributed by atoms with Crippen LogP contribution in [0.4, 0.5) is 0 Å². The van der Waals surface area contributed by atoms with Gasteiger partial charge in [-0.15, -0.1) is 0 Å². The predicted molar refractivity (Wildman–Crippen MR) is 76.8 cm³/mol. The summed E-state index contributed by atoms with van der Waals surface area (Å²) in [5, 5.41) is 0. The maximum Gasteiger partial charge on any atom is 0.332 e. The molecule has 2 nitrogen and oxygen atoms in total. The summed E-state index contributed by atoms with van der Waals surface area (Å²) in [4.78, 5) is 11.7. The topological polar surface area (TPSA) is 26.3 Å². The Bertz CT molecular complexity index is 287. The normalized spacial score (nSPS) is 14.5. The minimum atomic E-state index is -1.68. The Labute approximate surface area is 109 Å². The molecular weight excluding hydrogens is 228 g/mol. The van der Waals surface area contributed by atoms with E-state index in [1.807, 2.05) is 0 Å². The third kappa shape index (κ3) is 3.70. The highest BCUT2D eigenvalue weighted by Crippen LogP contribution is 2.41. The lowest BCUT2D eigenvalue weighted by molar-refractivity contribution is -0.137. The van der Waals surface area contributed by atoms with Gasteiger partial charge in [0.05, 0.1) is 7.60 Å². The first-order chi connectivity index (χ1) is 8.20. The van der Waals surface area contributed by atoms with Crippen molar-refractivity contribution in [3.05, 3.63) is 12.1 Å². The average Bonchev–Trinajstić information content (AvgIpc) is 2.26. The number of ether oxygens (including phenoxy) is 1. The third-order valence-electron chi connectivity index (χ3n) is 4.00. The molecule has 0 bridgehead atoms. The van der Waals surface area contributed by atoms with Gasteiger partial charge < -0.3 is 4.74 Å².